The number of hydrogen-bond donors (Lipinski definition) is 2. The summed E-state index contributed by atoms with van der Waals surface area (Å²) < 4.78 is 32.5. The van der Waals surface area contributed by atoms with Gasteiger partial charge in [-0.25, -0.2) is 13.1 Å². The summed E-state index contributed by atoms with van der Waals surface area (Å²) in [6.45, 7) is 1.47. The van der Waals surface area contributed by atoms with Crippen molar-refractivity contribution < 1.29 is 22.7 Å². The highest BCUT2D eigenvalue weighted by molar-refractivity contribution is 7.89. The molecule has 3 rings (SSSR count). The number of sulfonamides is 1. The number of nitrogens with one attached hydrogen (secondary N) is 1. The number of Topliss-reactive ketones (excluding diaryl/α,β-unsaturated/α-hetero) is 1. The van der Waals surface area contributed by atoms with E-state index in [2.05, 4.69) is 4.72 Å². The van der Waals surface area contributed by atoms with Gasteiger partial charge in [-0.2, -0.15) is 0 Å². The summed E-state index contributed by atoms with van der Waals surface area (Å²) >= 11 is 1.29. The first kappa shape index (κ1) is 18.5. The molecule has 0 saturated heterocycles. The van der Waals surface area contributed by atoms with E-state index in [9.17, 15) is 18.3 Å². The molecule has 0 aliphatic carbocycles. The number of aliphatic hydroxyl groups is 1. The molecular formula is C18H17NO5S2. The van der Waals surface area contributed by atoms with E-state index in [-0.39, 0.29) is 17.2 Å². The van der Waals surface area contributed by atoms with Crippen molar-refractivity contribution in [1.82, 2.24) is 4.72 Å². The van der Waals surface area contributed by atoms with Gasteiger partial charge in [0.05, 0.1) is 11.2 Å². The van der Waals surface area contributed by atoms with E-state index in [1.165, 1.54) is 42.7 Å². The zero-order valence-electron chi connectivity index (χ0n) is 13.9. The Labute approximate surface area is 155 Å². The van der Waals surface area contributed by atoms with Gasteiger partial charge in [-0.05, 0) is 43.3 Å². The number of ketones is 1. The van der Waals surface area contributed by atoms with Crippen LogP contribution in [0.3, 0.4) is 0 Å². The molecule has 3 aromatic rings. The largest absolute Gasteiger partial charge is 0.466 e. The van der Waals surface area contributed by atoms with Gasteiger partial charge in [-0.1, -0.05) is 12.1 Å². The molecule has 0 bridgehead atoms. The molecule has 6 nitrogen and oxygen atoms in total. The van der Waals surface area contributed by atoms with E-state index in [0.717, 1.165) is 4.88 Å². The molecule has 0 spiro atoms. The van der Waals surface area contributed by atoms with Gasteiger partial charge in [0, 0.05) is 21.9 Å². The summed E-state index contributed by atoms with van der Waals surface area (Å²) in [5, 5.41) is 10.2. The number of furan rings is 1. The monoisotopic (exact) mass is 391 g/mol. The van der Waals surface area contributed by atoms with Gasteiger partial charge >= 0.3 is 0 Å². The molecule has 2 N–H and O–H groups in total. The third kappa shape index (κ3) is 4.10. The number of hydrogen-bond acceptors (Lipinski definition) is 6. The number of rotatable bonds is 7. The molecule has 0 aliphatic rings. The Morgan fingerprint density at radius 2 is 2.04 bits per heavy atom. The molecule has 0 fully saturated rings. The molecule has 136 valence electrons. The Bertz CT molecular complexity index is 1010. The zero-order valence-corrected chi connectivity index (χ0v) is 15.5. The summed E-state index contributed by atoms with van der Waals surface area (Å²) in [6, 6.07) is 12.8. The first-order chi connectivity index (χ1) is 12.4. The van der Waals surface area contributed by atoms with Gasteiger partial charge in [0.2, 0.25) is 10.0 Å². The predicted molar refractivity (Wildman–Crippen MR) is 97.6 cm³/mol. The Kier molecular flexibility index (Phi) is 5.38. The third-order valence-corrected chi connectivity index (χ3v) is 6.29. The fourth-order valence-corrected chi connectivity index (χ4v) is 4.45. The van der Waals surface area contributed by atoms with Crippen molar-refractivity contribution in [2.45, 2.75) is 24.5 Å². The van der Waals surface area contributed by atoms with Gasteiger partial charge in [0.25, 0.3) is 0 Å². The van der Waals surface area contributed by atoms with E-state index < -0.39 is 16.1 Å². The van der Waals surface area contributed by atoms with Crippen LogP contribution in [0, 0.1) is 0 Å². The van der Waals surface area contributed by atoms with Crippen molar-refractivity contribution in [1.29, 1.82) is 0 Å². The van der Waals surface area contributed by atoms with Crippen LogP contribution in [0.2, 0.25) is 0 Å². The molecule has 2 heterocycles. The Balaban J connectivity index is 1.71. The molecule has 0 aliphatic heterocycles. The van der Waals surface area contributed by atoms with Crippen LogP contribution in [0.5, 0.6) is 0 Å². The summed E-state index contributed by atoms with van der Waals surface area (Å²) in [5.41, 5.74) is 0.341. The van der Waals surface area contributed by atoms with Gasteiger partial charge < -0.3 is 9.52 Å². The maximum Gasteiger partial charge on any atom is 0.240 e. The summed E-state index contributed by atoms with van der Waals surface area (Å²) in [7, 11) is -3.75. The molecular weight excluding hydrogens is 374 g/mol. The third-order valence-electron chi connectivity index (χ3n) is 3.75. The minimum atomic E-state index is -3.75. The lowest BCUT2D eigenvalue weighted by Crippen LogP contribution is -2.23. The lowest BCUT2D eigenvalue weighted by atomic mass is 10.2. The van der Waals surface area contributed by atoms with Gasteiger partial charge in [-0.3, -0.25) is 4.79 Å². The number of aliphatic hydroxyl groups excluding tert-OH is 1. The lowest BCUT2D eigenvalue weighted by Gasteiger charge is -2.07. The lowest BCUT2D eigenvalue weighted by molar-refractivity contribution is 0.101. The second-order valence-electron chi connectivity index (χ2n) is 5.63. The second kappa shape index (κ2) is 7.55. The fraction of sp³-hybridized carbons (Fsp3) is 0.167. The van der Waals surface area contributed by atoms with Crippen molar-refractivity contribution in [3.63, 3.8) is 0 Å². The number of benzene rings is 1. The number of carbonyl (C=O) groups is 1. The van der Waals surface area contributed by atoms with Crippen molar-refractivity contribution in [2.75, 3.05) is 0 Å². The molecule has 1 atom stereocenters. The van der Waals surface area contributed by atoms with Crippen LogP contribution in [0.25, 0.3) is 0 Å². The molecule has 26 heavy (non-hydrogen) atoms. The summed E-state index contributed by atoms with van der Waals surface area (Å²) in [4.78, 5) is 12.9. The Morgan fingerprint density at radius 3 is 2.73 bits per heavy atom. The topological polar surface area (TPSA) is 96.6 Å². The van der Waals surface area contributed by atoms with Crippen LogP contribution < -0.4 is 4.72 Å². The van der Waals surface area contributed by atoms with Crippen LogP contribution in [-0.4, -0.2) is 19.3 Å². The average molecular weight is 391 g/mol. The minimum absolute atomic E-state index is 0.0394. The van der Waals surface area contributed by atoms with Gasteiger partial charge in [0.1, 0.15) is 11.9 Å². The van der Waals surface area contributed by atoms with E-state index >= 15 is 0 Å². The standard InChI is InChI=1S/C18H17NO5S2/c1-12(20)13-4-2-5-15(10-13)26(22,23)19-11-14-7-8-17(25-14)18(21)16-6-3-9-24-16/h2-10,18-19,21H,11H2,1H3/t18-/m0/s1. The molecule has 0 unspecified atom stereocenters. The molecule has 2 aromatic heterocycles. The average Bonchev–Trinajstić information content (AvgIpc) is 3.31. The van der Waals surface area contributed by atoms with Crippen LogP contribution in [0.15, 0.2) is 64.1 Å². The van der Waals surface area contributed by atoms with E-state index in [0.29, 0.717) is 16.2 Å². The molecule has 0 radical (unpaired) electrons. The van der Waals surface area contributed by atoms with Crippen molar-refractivity contribution in [2.24, 2.45) is 0 Å². The maximum absolute atomic E-state index is 12.4. The highest BCUT2D eigenvalue weighted by Gasteiger charge is 2.18. The number of carbonyl (C=O) groups excluding carboxylic acids is 1. The summed E-state index contributed by atoms with van der Waals surface area (Å²) in [6.07, 6.45) is 0.601. The van der Waals surface area contributed by atoms with E-state index in [4.69, 9.17) is 4.42 Å². The van der Waals surface area contributed by atoms with Gasteiger partial charge in [0.15, 0.2) is 5.78 Å². The molecule has 8 heteroatoms. The Hall–Kier alpha value is -2.26. The molecule has 0 saturated carbocycles. The molecule has 1 aromatic carbocycles. The minimum Gasteiger partial charge on any atom is -0.466 e. The van der Waals surface area contributed by atoms with Crippen molar-refractivity contribution >= 4 is 27.1 Å². The summed E-state index contributed by atoms with van der Waals surface area (Å²) in [5.74, 6) is 0.233. The normalized spacial score (nSPS) is 12.8. The maximum atomic E-state index is 12.4. The fourth-order valence-electron chi connectivity index (χ4n) is 2.36. The van der Waals surface area contributed by atoms with Crippen LogP contribution in [0.1, 0.15) is 38.9 Å². The smallest absolute Gasteiger partial charge is 0.240 e. The number of thiophene rings is 1. The van der Waals surface area contributed by atoms with Crippen molar-refractivity contribution in [3.05, 3.63) is 75.9 Å². The second-order valence-corrected chi connectivity index (χ2v) is 8.60. The van der Waals surface area contributed by atoms with Crippen LogP contribution >= 0.6 is 11.3 Å². The highest BCUT2D eigenvalue weighted by atomic mass is 32.2. The Morgan fingerprint density at radius 1 is 1.23 bits per heavy atom. The van der Waals surface area contributed by atoms with E-state index in [1.807, 2.05) is 0 Å². The van der Waals surface area contributed by atoms with E-state index in [1.54, 1.807) is 30.3 Å². The quantitative estimate of drug-likeness (QED) is 0.603. The van der Waals surface area contributed by atoms with Gasteiger partial charge in [-0.15, -0.1) is 11.3 Å². The SMILES string of the molecule is CC(=O)c1cccc(S(=O)(=O)NCc2ccc([C@@H](O)c3ccco3)s2)c1. The molecule has 0 amide bonds. The first-order valence-corrected chi connectivity index (χ1v) is 10.1. The zero-order chi connectivity index (χ0) is 18.7. The first-order valence-electron chi connectivity index (χ1n) is 7.77. The van der Waals surface area contributed by atoms with Crippen molar-refractivity contribution in [3.8, 4) is 0 Å². The van der Waals surface area contributed by atoms with Crippen LogP contribution in [-0.2, 0) is 16.6 Å². The predicted octanol–water partition coefficient (Wildman–Crippen LogP) is 3.10. The highest BCUT2D eigenvalue weighted by Crippen LogP contribution is 2.28. The van der Waals surface area contributed by atoms with Crippen LogP contribution in [0.4, 0.5) is 0 Å².